The highest BCUT2D eigenvalue weighted by Gasteiger charge is 2.30. The Hall–Kier alpha value is -2.12. The second kappa shape index (κ2) is 7.19. The Morgan fingerprint density at radius 3 is 2.67 bits per heavy atom. The van der Waals surface area contributed by atoms with E-state index in [-0.39, 0.29) is 18.2 Å². The number of guanidine groups is 1. The number of carbonyl (C=O) groups is 2. The summed E-state index contributed by atoms with van der Waals surface area (Å²) in [7, 11) is 2.14. The van der Waals surface area contributed by atoms with Gasteiger partial charge in [0.25, 0.3) is 0 Å². The van der Waals surface area contributed by atoms with Gasteiger partial charge in [0.1, 0.15) is 6.04 Å². The summed E-state index contributed by atoms with van der Waals surface area (Å²) in [6, 6.07) is 6.13. The third-order valence-electron chi connectivity index (χ3n) is 4.24. The van der Waals surface area contributed by atoms with Crippen LogP contribution in [0.3, 0.4) is 0 Å². The second-order valence-electron chi connectivity index (χ2n) is 6.16. The molecule has 0 unspecified atom stereocenters. The van der Waals surface area contributed by atoms with Crippen molar-refractivity contribution in [3.8, 4) is 0 Å². The smallest absolute Gasteiger partial charge is 0.249 e. The van der Waals surface area contributed by atoms with Crippen molar-refractivity contribution in [1.82, 2.24) is 10.2 Å². The van der Waals surface area contributed by atoms with Crippen LogP contribution in [0.5, 0.6) is 0 Å². The number of likely N-dealkylation sites (N-methyl/N-ethyl adjacent to an activating group) is 1. The van der Waals surface area contributed by atoms with Crippen LogP contribution in [0.25, 0.3) is 0 Å². The van der Waals surface area contributed by atoms with Crippen molar-refractivity contribution in [3.05, 3.63) is 29.3 Å². The summed E-state index contributed by atoms with van der Waals surface area (Å²) in [5.41, 5.74) is 0.635. The van der Waals surface area contributed by atoms with Gasteiger partial charge in [-0.25, -0.2) is 4.99 Å². The van der Waals surface area contributed by atoms with Crippen LogP contribution in [0.2, 0.25) is 5.02 Å². The maximum Gasteiger partial charge on any atom is 0.249 e. The number of aliphatic imine (C=N–C) groups is 1. The Morgan fingerprint density at radius 2 is 2.00 bits per heavy atom. The minimum Gasteiger partial charge on any atom is -0.334 e. The average Bonchev–Trinajstić information content (AvgIpc) is 2.57. The Kier molecular flexibility index (Phi) is 5.01. The van der Waals surface area contributed by atoms with Crippen LogP contribution in [0.4, 0.5) is 5.69 Å². The van der Waals surface area contributed by atoms with E-state index in [0.29, 0.717) is 16.7 Å². The molecule has 128 valence electrons. The number of amides is 2. The predicted octanol–water partition coefficient (Wildman–Crippen LogP) is -0.647. The van der Waals surface area contributed by atoms with Crippen molar-refractivity contribution in [3.63, 3.8) is 0 Å². The molecule has 0 radical (unpaired) electrons. The van der Waals surface area contributed by atoms with E-state index in [2.05, 4.69) is 22.7 Å². The van der Waals surface area contributed by atoms with Crippen molar-refractivity contribution in [2.45, 2.75) is 12.5 Å². The van der Waals surface area contributed by atoms with Gasteiger partial charge in [0.05, 0.1) is 39.6 Å². The summed E-state index contributed by atoms with van der Waals surface area (Å²) in [4.78, 5) is 32.3. The fourth-order valence-corrected chi connectivity index (χ4v) is 2.87. The van der Waals surface area contributed by atoms with Gasteiger partial charge in [-0.05, 0) is 24.3 Å². The molecule has 1 fully saturated rings. The first-order valence-electron chi connectivity index (χ1n) is 8.01. The number of nitrogens with one attached hydrogen (secondary N) is 3. The molecule has 1 aromatic rings. The molecule has 0 aromatic heterocycles. The number of carbonyl (C=O) groups excluding carboxylic acids is 2. The highest BCUT2D eigenvalue weighted by molar-refractivity contribution is 6.30. The minimum atomic E-state index is -0.712. The van der Waals surface area contributed by atoms with Crippen LogP contribution in [-0.2, 0) is 9.59 Å². The molecule has 0 bridgehead atoms. The number of benzene rings is 1. The van der Waals surface area contributed by atoms with E-state index in [0.717, 1.165) is 26.2 Å². The lowest BCUT2D eigenvalue weighted by Gasteiger charge is -2.34. The molecule has 8 heteroatoms. The molecule has 0 aliphatic carbocycles. The second-order valence-corrected chi connectivity index (χ2v) is 6.60. The zero-order valence-corrected chi connectivity index (χ0v) is 14.3. The first-order chi connectivity index (χ1) is 11.5. The van der Waals surface area contributed by atoms with Crippen LogP contribution in [0.15, 0.2) is 29.3 Å². The fraction of sp³-hybridized carbons (Fsp3) is 0.438. The number of quaternary nitrogens is 1. The summed E-state index contributed by atoms with van der Waals surface area (Å²) in [6.45, 7) is 3.60. The van der Waals surface area contributed by atoms with E-state index in [4.69, 9.17) is 11.6 Å². The van der Waals surface area contributed by atoms with E-state index in [1.54, 1.807) is 24.3 Å². The van der Waals surface area contributed by atoms with E-state index in [9.17, 15) is 9.59 Å². The highest BCUT2D eigenvalue weighted by Crippen LogP contribution is 2.15. The van der Waals surface area contributed by atoms with Crippen molar-refractivity contribution in [1.29, 1.82) is 0 Å². The zero-order chi connectivity index (χ0) is 17.1. The van der Waals surface area contributed by atoms with E-state index < -0.39 is 6.04 Å². The maximum absolute atomic E-state index is 12.4. The third kappa shape index (κ3) is 4.04. The van der Waals surface area contributed by atoms with Crippen LogP contribution in [0, 0.1) is 0 Å². The third-order valence-corrected chi connectivity index (χ3v) is 4.49. The van der Waals surface area contributed by atoms with Crippen molar-refractivity contribution < 1.29 is 14.5 Å². The largest absolute Gasteiger partial charge is 0.334 e. The number of anilines is 1. The molecule has 3 N–H and O–H groups in total. The van der Waals surface area contributed by atoms with Gasteiger partial charge in [-0.2, -0.15) is 0 Å². The van der Waals surface area contributed by atoms with Gasteiger partial charge in [0.15, 0.2) is 0 Å². The average molecular weight is 351 g/mol. The molecule has 0 saturated carbocycles. The lowest BCUT2D eigenvalue weighted by atomic mass is 10.1. The van der Waals surface area contributed by atoms with Crippen molar-refractivity contribution in [2.75, 3.05) is 38.5 Å². The SMILES string of the molecule is C[NH+]1CCN(C2=N[C@H](C(=O)Nc3ccc(Cl)cc3)CC(=O)N2)CC1. The van der Waals surface area contributed by atoms with Gasteiger partial charge in [-0.3, -0.25) is 14.9 Å². The lowest BCUT2D eigenvalue weighted by Crippen LogP contribution is -3.12. The van der Waals surface area contributed by atoms with Crippen LogP contribution < -0.4 is 15.5 Å². The summed E-state index contributed by atoms with van der Waals surface area (Å²) in [5.74, 6) is 0.0435. The molecule has 0 spiro atoms. The quantitative estimate of drug-likeness (QED) is 0.663. The molecule has 1 atom stereocenters. The molecule has 24 heavy (non-hydrogen) atoms. The monoisotopic (exact) mass is 350 g/mol. The Bertz CT molecular complexity index is 653. The molecule has 3 rings (SSSR count). The number of piperazine rings is 1. The summed E-state index contributed by atoms with van der Waals surface area (Å²) < 4.78 is 0. The topological polar surface area (TPSA) is 78.2 Å². The number of hydrogen-bond acceptors (Lipinski definition) is 4. The number of nitrogens with zero attached hydrogens (tertiary/aromatic N) is 2. The number of halogens is 1. The predicted molar refractivity (Wildman–Crippen MR) is 92.3 cm³/mol. The Balaban J connectivity index is 1.69. The summed E-state index contributed by atoms with van der Waals surface area (Å²) in [6.07, 6.45) is 0.0575. The van der Waals surface area contributed by atoms with Gasteiger partial charge >= 0.3 is 0 Å². The van der Waals surface area contributed by atoms with Gasteiger partial charge in [0, 0.05) is 10.7 Å². The first-order valence-corrected chi connectivity index (χ1v) is 8.39. The van der Waals surface area contributed by atoms with Crippen molar-refractivity contribution in [2.24, 2.45) is 4.99 Å². The molecule has 1 saturated heterocycles. The molecule has 7 nitrogen and oxygen atoms in total. The standard InChI is InChI=1S/C16H20ClN5O2/c1-21-6-8-22(9-7-21)16-19-13(10-14(23)20-16)15(24)18-12-4-2-11(17)3-5-12/h2-5,13H,6-10H2,1H3,(H,18,24)(H,19,20,23)/p+1/t13-/m0/s1. The molecular weight excluding hydrogens is 330 g/mol. The molecule has 2 amide bonds. The minimum absolute atomic E-state index is 0.0575. The van der Waals surface area contributed by atoms with Gasteiger partial charge in [-0.15, -0.1) is 0 Å². The maximum atomic E-state index is 12.4. The molecule has 2 heterocycles. The Morgan fingerprint density at radius 1 is 1.33 bits per heavy atom. The summed E-state index contributed by atoms with van der Waals surface area (Å²) >= 11 is 5.84. The molecule has 1 aromatic carbocycles. The van der Waals surface area contributed by atoms with Crippen LogP contribution in [0.1, 0.15) is 6.42 Å². The number of rotatable bonds is 2. The zero-order valence-electron chi connectivity index (χ0n) is 13.5. The number of hydrogen-bond donors (Lipinski definition) is 3. The van der Waals surface area contributed by atoms with Crippen LogP contribution in [-0.4, -0.2) is 61.9 Å². The van der Waals surface area contributed by atoms with Gasteiger partial charge in [-0.1, -0.05) is 11.6 Å². The first kappa shape index (κ1) is 16.7. The van der Waals surface area contributed by atoms with E-state index in [1.165, 1.54) is 4.90 Å². The molecule has 2 aliphatic heterocycles. The fourth-order valence-electron chi connectivity index (χ4n) is 2.75. The highest BCUT2D eigenvalue weighted by atomic mass is 35.5. The molecular formula is C16H21ClN5O2+. The normalized spacial score (nSPS) is 21.9. The van der Waals surface area contributed by atoms with Crippen LogP contribution >= 0.6 is 11.6 Å². The van der Waals surface area contributed by atoms with Crippen molar-refractivity contribution >= 4 is 35.1 Å². The van der Waals surface area contributed by atoms with Gasteiger partial charge in [0.2, 0.25) is 17.8 Å². The summed E-state index contributed by atoms with van der Waals surface area (Å²) in [5, 5.41) is 6.17. The van der Waals surface area contributed by atoms with Gasteiger partial charge < -0.3 is 15.1 Å². The Labute approximate surface area is 145 Å². The van der Waals surface area contributed by atoms with E-state index in [1.807, 2.05) is 4.90 Å². The van der Waals surface area contributed by atoms with E-state index >= 15 is 0 Å². The lowest BCUT2D eigenvalue weighted by molar-refractivity contribution is -0.883. The molecule has 2 aliphatic rings.